The van der Waals surface area contributed by atoms with E-state index in [2.05, 4.69) is 6.92 Å². The van der Waals surface area contributed by atoms with Crippen LogP contribution in [-0.2, 0) is 4.79 Å². The Bertz CT molecular complexity index is 422. The SMILES string of the molecule is CCC1CC(=Cc2ccccc2)C(=O)C(Cl)C1. The quantitative estimate of drug-likeness (QED) is 0.570. The van der Waals surface area contributed by atoms with Crippen LogP contribution in [0.5, 0.6) is 0 Å². The molecule has 2 unspecified atom stereocenters. The maximum atomic E-state index is 12.0. The average Bonchev–Trinajstić information content (AvgIpc) is 2.36. The molecule has 1 aromatic carbocycles. The number of carbonyl (C=O) groups excluding carboxylic acids is 1. The number of hydrogen-bond acceptors (Lipinski definition) is 1. The van der Waals surface area contributed by atoms with E-state index < -0.39 is 0 Å². The second-order valence-corrected chi connectivity index (χ2v) is 5.15. The number of halogens is 1. The van der Waals surface area contributed by atoms with Crippen LogP contribution in [0.25, 0.3) is 6.08 Å². The number of hydrogen-bond donors (Lipinski definition) is 0. The fourth-order valence-corrected chi connectivity index (χ4v) is 2.68. The third-order valence-electron chi connectivity index (χ3n) is 3.37. The first-order valence-corrected chi connectivity index (χ1v) is 6.58. The van der Waals surface area contributed by atoms with Gasteiger partial charge in [-0.25, -0.2) is 0 Å². The van der Waals surface area contributed by atoms with Gasteiger partial charge in [-0.2, -0.15) is 0 Å². The zero-order valence-corrected chi connectivity index (χ0v) is 10.8. The maximum Gasteiger partial charge on any atom is 0.176 e. The summed E-state index contributed by atoms with van der Waals surface area (Å²) in [5.41, 5.74) is 1.96. The van der Waals surface area contributed by atoms with Crippen molar-refractivity contribution < 1.29 is 4.79 Å². The maximum absolute atomic E-state index is 12.0. The molecule has 2 rings (SSSR count). The van der Waals surface area contributed by atoms with Crippen LogP contribution < -0.4 is 0 Å². The zero-order valence-electron chi connectivity index (χ0n) is 10.0. The minimum atomic E-state index is -0.330. The molecular weight excluding hydrogens is 232 g/mol. The van der Waals surface area contributed by atoms with Crippen molar-refractivity contribution in [2.24, 2.45) is 5.92 Å². The van der Waals surface area contributed by atoms with Crippen molar-refractivity contribution >= 4 is 23.5 Å². The summed E-state index contributed by atoms with van der Waals surface area (Å²) < 4.78 is 0. The highest BCUT2D eigenvalue weighted by atomic mass is 35.5. The Morgan fingerprint density at radius 3 is 2.71 bits per heavy atom. The molecule has 0 bridgehead atoms. The molecule has 1 fully saturated rings. The van der Waals surface area contributed by atoms with Crippen molar-refractivity contribution in [1.82, 2.24) is 0 Å². The molecule has 17 heavy (non-hydrogen) atoms. The summed E-state index contributed by atoms with van der Waals surface area (Å²) in [6.45, 7) is 2.16. The molecule has 1 nitrogen and oxygen atoms in total. The van der Waals surface area contributed by atoms with Gasteiger partial charge in [-0.15, -0.1) is 11.6 Å². The number of Topliss-reactive ketones (excluding diaryl/α,β-unsaturated/α-hetero) is 1. The van der Waals surface area contributed by atoms with E-state index in [1.165, 1.54) is 0 Å². The van der Waals surface area contributed by atoms with Crippen LogP contribution in [0.1, 0.15) is 31.7 Å². The van der Waals surface area contributed by atoms with Gasteiger partial charge in [0.15, 0.2) is 5.78 Å². The molecule has 1 aromatic rings. The molecule has 0 N–H and O–H groups in total. The summed E-state index contributed by atoms with van der Waals surface area (Å²) in [5, 5.41) is -0.330. The molecule has 1 aliphatic rings. The molecule has 90 valence electrons. The van der Waals surface area contributed by atoms with Gasteiger partial charge < -0.3 is 0 Å². The molecule has 2 heteroatoms. The molecule has 0 aromatic heterocycles. The molecule has 0 radical (unpaired) electrons. The van der Waals surface area contributed by atoms with Crippen molar-refractivity contribution in [1.29, 1.82) is 0 Å². The zero-order chi connectivity index (χ0) is 12.3. The van der Waals surface area contributed by atoms with E-state index in [1.807, 2.05) is 36.4 Å². The van der Waals surface area contributed by atoms with E-state index in [-0.39, 0.29) is 11.2 Å². The van der Waals surface area contributed by atoms with Crippen LogP contribution in [0.2, 0.25) is 0 Å². The van der Waals surface area contributed by atoms with Crippen LogP contribution in [0.15, 0.2) is 35.9 Å². The number of carbonyl (C=O) groups is 1. The Labute approximate surface area is 107 Å². The van der Waals surface area contributed by atoms with Gasteiger partial charge in [0, 0.05) is 0 Å². The van der Waals surface area contributed by atoms with Crippen molar-refractivity contribution in [3.63, 3.8) is 0 Å². The van der Waals surface area contributed by atoms with Crippen molar-refractivity contribution in [2.75, 3.05) is 0 Å². The molecule has 1 aliphatic carbocycles. The molecular formula is C15H17ClO. The van der Waals surface area contributed by atoms with Crippen LogP contribution in [0.3, 0.4) is 0 Å². The first-order valence-electron chi connectivity index (χ1n) is 6.14. The second kappa shape index (κ2) is 5.50. The summed E-state index contributed by atoms with van der Waals surface area (Å²) in [4.78, 5) is 12.0. The predicted molar refractivity (Wildman–Crippen MR) is 72.1 cm³/mol. The lowest BCUT2D eigenvalue weighted by molar-refractivity contribution is -0.116. The van der Waals surface area contributed by atoms with E-state index in [1.54, 1.807) is 0 Å². The van der Waals surface area contributed by atoms with Crippen LogP contribution in [-0.4, -0.2) is 11.2 Å². The molecule has 0 saturated heterocycles. The molecule has 0 heterocycles. The predicted octanol–water partition coefficient (Wildman–Crippen LogP) is 4.07. The van der Waals surface area contributed by atoms with Gasteiger partial charge >= 0.3 is 0 Å². The number of ketones is 1. The highest BCUT2D eigenvalue weighted by Gasteiger charge is 2.29. The topological polar surface area (TPSA) is 17.1 Å². The number of benzene rings is 1. The van der Waals surface area contributed by atoms with Gasteiger partial charge in [-0.05, 0) is 36.0 Å². The summed E-state index contributed by atoms with van der Waals surface area (Å²) >= 11 is 6.11. The number of alkyl halides is 1. The average molecular weight is 249 g/mol. The van der Waals surface area contributed by atoms with Crippen molar-refractivity contribution in [3.05, 3.63) is 41.5 Å². The van der Waals surface area contributed by atoms with E-state index in [9.17, 15) is 4.79 Å². The number of rotatable bonds is 2. The molecule has 1 saturated carbocycles. The van der Waals surface area contributed by atoms with Crippen LogP contribution >= 0.6 is 11.6 Å². The van der Waals surface area contributed by atoms with Gasteiger partial charge in [0.1, 0.15) is 0 Å². The van der Waals surface area contributed by atoms with E-state index in [0.717, 1.165) is 30.4 Å². The number of allylic oxidation sites excluding steroid dienone is 1. The fourth-order valence-electron chi connectivity index (χ4n) is 2.29. The van der Waals surface area contributed by atoms with Gasteiger partial charge in [0.2, 0.25) is 0 Å². The lowest BCUT2D eigenvalue weighted by Gasteiger charge is -2.25. The normalized spacial score (nSPS) is 27.4. The second-order valence-electron chi connectivity index (χ2n) is 4.63. The Kier molecular flexibility index (Phi) is 4.01. The minimum Gasteiger partial charge on any atom is -0.293 e. The summed E-state index contributed by atoms with van der Waals surface area (Å²) in [6, 6.07) is 9.96. The smallest absolute Gasteiger partial charge is 0.176 e. The Morgan fingerprint density at radius 1 is 1.35 bits per heavy atom. The lowest BCUT2D eigenvalue weighted by Crippen LogP contribution is -2.27. The Balaban J connectivity index is 2.24. The third kappa shape index (κ3) is 2.98. The highest BCUT2D eigenvalue weighted by molar-refractivity contribution is 6.34. The van der Waals surface area contributed by atoms with Crippen LogP contribution in [0.4, 0.5) is 0 Å². The van der Waals surface area contributed by atoms with Crippen molar-refractivity contribution in [3.8, 4) is 0 Å². The van der Waals surface area contributed by atoms with Gasteiger partial charge in [0.05, 0.1) is 5.38 Å². The lowest BCUT2D eigenvalue weighted by atomic mass is 9.82. The van der Waals surface area contributed by atoms with Gasteiger partial charge in [0.25, 0.3) is 0 Å². The summed E-state index contributed by atoms with van der Waals surface area (Å²) in [7, 11) is 0. The largest absolute Gasteiger partial charge is 0.293 e. The summed E-state index contributed by atoms with van der Waals surface area (Å²) in [6.07, 6.45) is 4.76. The van der Waals surface area contributed by atoms with E-state index in [4.69, 9.17) is 11.6 Å². The monoisotopic (exact) mass is 248 g/mol. The highest BCUT2D eigenvalue weighted by Crippen LogP contribution is 2.32. The van der Waals surface area contributed by atoms with E-state index in [0.29, 0.717) is 5.92 Å². The van der Waals surface area contributed by atoms with E-state index >= 15 is 0 Å². The van der Waals surface area contributed by atoms with Crippen molar-refractivity contribution in [2.45, 2.75) is 31.6 Å². The summed E-state index contributed by atoms with van der Waals surface area (Å²) in [5.74, 6) is 0.658. The Hall–Kier alpha value is -1.08. The molecule has 0 amide bonds. The first-order chi connectivity index (χ1) is 8.20. The van der Waals surface area contributed by atoms with Crippen LogP contribution in [0, 0.1) is 5.92 Å². The Morgan fingerprint density at radius 2 is 2.06 bits per heavy atom. The van der Waals surface area contributed by atoms with Gasteiger partial charge in [-0.3, -0.25) is 4.79 Å². The minimum absolute atomic E-state index is 0.111. The molecule has 0 aliphatic heterocycles. The first kappa shape index (κ1) is 12.4. The molecule has 2 atom stereocenters. The third-order valence-corrected chi connectivity index (χ3v) is 3.74. The molecule has 0 spiro atoms. The van der Waals surface area contributed by atoms with Gasteiger partial charge in [-0.1, -0.05) is 43.7 Å². The standard InChI is InChI=1S/C15H17ClO/c1-2-11-8-13(15(17)14(16)10-11)9-12-6-4-3-5-7-12/h3-7,9,11,14H,2,8,10H2,1H3. The fraction of sp³-hybridized carbons (Fsp3) is 0.400.